The number of carbonyl (C=O) groups excluding carboxylic acids is 1. The summed E-state index contributed by atoms with van der Waals surface area (Å²) in [6.07, 6.45) is 0.802. The maximum atomic E-state index is 12.9. The Labute approximate surface area is 135 Å². The fraction of sp³-hybridized carbons (Fsp3) is 0.632. The smallest absolute Gasteiger partial charge is 0.226 e. The van der Waals surface area contributed by atoms with Crippen molar-refractivity contribution in [1.82, 2.24) is 5.32 Å². The Morgan fingerprint density at radius 2 is 1.59 bits per heavy atom. The van der Waals surface area contributed by atoms with Crippen LogP contribution in [0.4, 0.5) is 0 Å². The van der Waals surface area contributed by atoms with E-state index in [1.165, 1.54) is 0 Å². The van der Waals surface area contributed by atoms with E-state index >= 15 is 0 Å². The maximum absolute atomic E-state index is 12.9. The summed E-state index contributed by atoms with van der Waals surface area (Å²) in [4.78, 5) is 12.9. The number of hydrogen-bond donors (Lipinski definition) is 2. The molecule has 2 N–H and O–H groups in total. The van der Waals surface area contributed by atoms with Gasteiger partial charge in [0.2, 0.25) is 5.91 Å². The summed E-state index contributed by atoms with van der Waals surface area (Å²) in [7, 11) is 0. The fourth-order valence-corrected chi connectivity index (χ4v) is 2.78. The van der Waals surface area contributed by atoms with Gasteiger partial charge in [0.15, 0.2) is 0 Å². The van der Waals surface area contributed by atoms with Crippen molar-refractivity contribution < 1.29 is 9.90 Å². The lowest BCUT2D eigenvalue weighted by atomic mass is 9.61. The molecule has 0 aliphatic rings. The molecule has 1 atom stereocenters. The van der Waals surface area contributed by atoms with Crippen LogP contribution in [-0.4, -0.2) is 11.0 Å². The lowest BCUT2D eigenvalue weighted by molar-refractivity contribution is -0.139. The molecule has 3 nitrogen and oxygen atoms in total. The fourth-order valence-electron chi connectivity index (χ4n) is 2.78. The van der Waals surface area contributed by atoms with Crippen LogP contribution in [0.2, 0.25) is 0 Å². The van der Waals surface area contributed by atoms with Crippen LogP contribution in [0.3, 0.4) is 0 Å². The van der Waals surface area contributed by atoms with Crippen molar-refractivity contribution in [2.45, 2.75) is 61.4 Å². The molecule has 1 unspecified atom stereocenters. The standard InChI is InChI=1S/C19H31NO2/c1-17(2,3)13-19(7,18(4,5)6)16(22)20-12-14-10-8-9-11-15(14)21/h8-11,21H,12-13H2,1-7H3,(H,20,22). The average Bonchev–Trinajstić information content (AvgIpc) is 2.34. The van der Waals surface area contributed by atoms with Crippen LogP contribution >= 0.6 is 0 Å². The number of benzene rings is 1. The van der Waals surface area contributed by atoms with Gasteiger partial charge >= 0.3 is 0 Å². The van der Waals surface area contributed by atoms with Gasteiger partial charge in [0, 0.05) is 12.1 Å². The van der Waals surface area contributed by atoms with Crippen molar-refractivity contribution in [3.05, 3.63) is 29.8 Å². The normalized spacial score (nSPS) is 15.2. The zero-order valence-corrected chi connectivity index (χ0v) is 15.1. The predicted molar refractivity (Wildman–Crippen MR) is 91.6 cm³/mol. The number of amides is 1. The molecule has 22 heavy (non-hydrogen) atoms. The van der Waals surface area contributed by atoms with Gasteiger partial charge in [0.25, 0.3) is 0 Å². The summed E-state index contributed by atoms with van der Waals surface area (Å²) in [6, 6.07) is 7.10. The molecule has 0 radical (unpaired) electrons. The molecule has 1 aromatic rings. The van der Waals surface area contributed by atoms with Crippen LogP contribution < -0.4 is 5.32 Å². The van der Waals surface area contributed by atoms with Gasteiger partial charge in [-0.1, -0.05) is 66.7 Å². The molecule has 0 aliphatic carbocycles. The molecular formula is C19H31NO2. The van der Waals surface area contributed by atoms with Gasteiger partial charge in [0.1, 0.15) is 5.75 Å². The third kappa shape index (κ3) is 4.49. The first kappa shape index (κ1) is 18.5. The molecule has 1 aromatic carbocycles. The summed E-state index contributed by atoms with van der Waals surface area (Å²) in [5.74, 6) is 0.259. The van der Waals surface area contributed by atoms with Gasteiger partial charge in [-0.05, 0) is 23.3 Å². The van der Waals surface area contributed by atoms with Crippen molar-refractivity contribution in [1.29, 1.82) is 0 Å². The van der Waals surface area contributed by atoms with Crippen molar-refractivity contribution in [2.75, 3.05) is 0 Å². The molecule has 0 saturated heterocycles. The van der Waals surface area contributed by atoms with E-state index in [4.69, 9.17) is 0 Å². The first-order valence-corrected chi connectivity index (χ1v) is 7.92. The number of phenolic OH excluding ortho intramolecular Hbond substituents is 1. The molecule has 0 aliphatic heterocycles. The zero-order chi connectivity index (χ0) is 17.2. The molecule has 0 spiro atoms. The lowest BCUT2D eigenvalue weighted by Gasteiger charge is -2.44. The van der Waals surface area contributed by atoms with Gasteiger partial charge in [0.05, 0.1) is 5.41 Å². The summed E-state index contributed by atoms with van der Waals surface area (Å²) >= 11 is 0. The van der Waals surface area contributed by atoms with E-state index in [2.05, 4.69) is 46.9 Å². The quantitative estimate of drug-likeness (QED) is 0.860. The van der Waals surface area contributed by atoms with E-state index in [0.29, 0.717) is 6.54 Å². The number of rotatable bonds is 4. The SMILES string of the molecule is CC(C)(C)CC(C)(C(=O)NCc1ccccc1O)C(C)(C)C. The van der Waals surface area contributed by atoms with Gasteiger partial charge < -0.3 is 10.4 Å². The molecular weight excluding hydrogens is 274 g/mol. The highest BCUT2D eigenvalue weighted by molar-refractivity contribution is 5.83. The number of phenols is 1. The second-order valence-corrected chi connectivity index (χ2v) is 8.63. The zero-order valence-electron chi connectivity index (χ0n) is 15.1. The molecule has 0 saturated carbocycles. The summed E-state index contributed by atoms with van der Waals surface area (Å²) in [5.41, 5.74) is 0.176. The number of para-hydroxylation sites is 1. The topological polar surface area (TPSA) is 49.3 Å². The van der Waals surface area contributed by atoms with Crippen LogP contribution in [0.15, 0.2) is 24.3 Å². The third-order valence-electron chi connectivity index (χ3n) is 4.47. The molecule has 0 heterocycles. The van der Waals surface area contributed by atoms with Crippen LogP contribution in [0.25, 0.3) is 0 Å². The molecule has 3 heteroatoms. The van der Waals surface area contributed by atoms with Gasteiger partial charge in [-0.25, -0.2) is 0 Å². The minimum atomic E-state index is -0.477. The Hall–Kier alpha value is -1.51. The van der Waals surface area contributed by atoms with E-state index in [1.807, 2.05) is 19.1 Å². The molecule has 0 bridgehead atoms. The van der Waals surface area contributed by atoms with E-state index in [9.17, 15) is 9.90 Å². The van der Waals surface area contributed by atoms with Crippen LogP contribution in [0.1, 0.15) is 60.5 Å². The molecule has 0 aromatic heterocycles. The van der Waals surface area contributed by atoms with Crippen LogP contribution in [0.5, 0.6) is 5.75 Å². The van der Waals surface area contributed by atoms with E-state index in [-0.39, 0.29) is 22.5 Å². The maximum Gasteiger partial charge on any atom is 0.226 e. The Morgan fingerprint density at radius 1 is 1.05 bits per heavy atom. The van der Waals surface area contributed by atoms with Crippen molar-refractivity contribution in [3.63, 3.8) is 0 Å². The van der Waals surface area contributed by atoms with Crippen LogP contribution in [0, 0.1) is 16.2 Å². The second-order valence-electron chi connectivity index (χ2n) is 8.63. The molecule has 124 valence electrons. The van der Waals surface area contributed by atoms with E-state index in [0.717, 1.165) is 12.0 Å². The Morgan fingerprint density at radius 3 is 2.05 bits per heavy atom. The highest BCUT2D eigenvalue weighted by Crippen LogP contribution is 2.46. The summed E-state index contributed by atoms with van der Waals surface area (Å²) in [5, 5.41) is 12.8. The van der Waals surface area contributed by atoms with Crippen molar-refractivity contribution in [2.24, 2.45) is 16.2 Å². The van der Waals surface area contributed by atoms with Crippen LogP contribution in [-0.2, 0) is 11.3 Å². The average molecular weight is 305 g/mol. The third-order valence-corrected chi connectivity index (χ3v) is 4.47. The first-order valence-electron chi connectivity index (χ1n) is 7.92. The number of aromatic hydroxyl groups is 1. The lowest BCUT2D eigenvalue weighted by Crippen LogP contribution is -2.48. The number of hydrogen-bond acceptors (Lipinski definition) is 2. The number of carbonyl (C=O) groups is 1. The van der Waals surface area contributed by atoms with E-state index < -0.39 is 5.41 Å². The highest BCUT2D eigenvalue weighted by atomic mass is 16.3. The molecule has 1 amide bonds. The van der Waals surface area contributed by atoms with Gasteiger partial charge in [-0.2, -0.15) is 0 Å². The Bertz CT molecular complexity index is 523. The minimum Gasteiger partial charge on any atom is -0.508 e. The summed E-state index contributed by atoms with van der Waals surface area (Å²) < 4.78 is 0. The monoisotopic (exact) mass is 305 g/mol. The summed E-state index contributed by atoms with van der Waals surface area (Å²) in [6.45, 7) is 15.2. The largest absolute Gasteiger partial charge is 0.508 e. The second kappa shape index (κ2) is 6.31. The number of nitrogens with one attached hydrogen (secondary N) is 1. The Kier molecular flexibility index (Phi) is 5.32. The van der Waals surface area contributed by atoms with Crippen molar-refractivity contribution in [3.8, 4) is 5.75 Å². The van der Waals surface area contributed by atoms with E-state index in [1.54, 1.807) is 12.1 Å². The predicted octanol–water partition coefficient (Wildman–Crippen LogP) is 4.50. The van der Waals surface area contributed by atoms with Gasteiger partial charge in [-0.15, -0.1) is 0 Å². The Balaban J connectivity index is 2.92. The van der Waals surface area contributed by atoms with Crippen molar-refractivity contribution >= 4 is 5.91 Å². The highest BCUT2D eigenvalue weighted by Gasteiger charge is 2.46. The minimum absolute atomic E-state index is 0.0400. The molecule has 1 rings (SSSR count). The first-order chi connectivity index (χ1) is 9.87. The molecule has 0 fully saturated rings. The van der Waals surface area contributed by atoms with Gasteiger partial charge in [-0.3, -0.25) is 4.79 Å².